The van der Waals surface area contributed by atoms with E-state index in [1.165, 1.54) is 23.2 Å². The third-order valence-corrected chi connectivity index (χ3v) is 3.72. The summed E-state index contributed by atoms with van der Waals surface area (Å²) in [5.41, 5.74) is 10.9. The smallest absolute Gasteiger partial charge is 0.0605 e. The Balaban J connectivity index is 2.33. The Morgan fingerprint density at radius 1 is 1.12 bits per heavy atom. The SMILES string of the molecule is Cc1cc(C)c(N)c(N2C[C@H](C)C[C@@H](C)C2)c1. The Hall–Kier alpha value is -1.18. The molecule has 2 atom stereocenters. The number of hydrogen-bond acceptors (Lipinski definition) is 2. The van der Waals surface area contributed by atoms with E-state index >= 15 is 0 Å². The van der Waals surface area contributed by atoms with Gasteiger partial charge >= 0.3 is 0 Å². The number of piperidine rings is 1. The van der Waals surface area contributed by atoms with Crippen LogP contribution in [0.25, 0.3) is 0 Å². The van der Waals surface area contributed by atoms with Gasteiger partial charge in [0, 0.05) is 13.1 Å². The summed E-state index contributed by atoms with van der Waals surface area (Å²) < 4.78 is 0. The second kappa shape index (κ2) is 4.59. The quantitative estimate of drug-likeness (QED) is 0.752. The lowest BCUT2D eigenvalue weighted by molar-refractivity contribution is 0.357. The summed E-state index contributed by atoms with van der Waals surface area (Å²) in [6.45, 7) is 11.2. The topological polar surface area (TPSA) is 29.3 Å². The number of hydrogen-bond donors (Lipinski definition) is 1. The molecule has 0 aromatic heterocycles. The summed E-state index contributed by atoms with van der Waals surface area (Å²) in [5.74, 6) is 1.53. The molecule has 2 nitrogen and oxygen atoms in total. The average molecular weight is 232 g/mol. The molecule has 2 heteroatoms. The Kier molecular flexibility index (Phi) is 3.32. The second-order valence-corrected chi connectivity index (χ2v) is 5.87. The van der Waals surface area contributed by atoms with Gasteiger partial charge in [-0.3, -0.25) is 0 Å². The lowest BCUT2D eigenvalue weighted by Crippen LogP contribution is -2.39. The first kappa shape index (κ1) is 12.3. The number of aryl methyl sites for hydroxylation is 2. The maximum atomic E-state index is 6.23. The Morgan fingerprint density at radius 2 is 1.71 bits per heavy atom. The first-order chi connectivity index (χ1) is 7.97. The fourth-order valence-electron chi connectivity index (χ4n) is 3.08. The van der Waals surface area contributed by atoms with Crippen molar-refractivity contribution in [3.8, 4) is 0 Å². The highest BCUT2D eigenvalue weighted by Crippen LogP contribution is 2.32. The van der Waals surface area contributed by atoms with Crippen molar-refractivity contribution in [1.82, 2.24) is 0 Å². The van der Waals surface area contributed by atoms with E-state index in [-0.39, 0.29) is 0 Å². The zero-order valence-electron chi connectivity index (χ0n) is 11.5. The molecule has 1 aromatic carbocycles. The van der Waals surface area contributed by atoms with Crippen LogP contribution in [0.4, 0.5) is 11.4 Å². The van der Waals surface area contributed by atoms with Crippen molar-refractivity contribution in [2.45, 2.75) is 34.1 Å². The molecule has 2 N–H and O–H groups in total. The van der Waals surface area contributed by atoms with E-state index in [0.29, 0.717) is 0 Å². The molecule has 94 valence electrons. The van der Waals surface area contributed by atoms with Crippen molar-refractivity contribution in [2.24, 2.45) is 11.8 Å². The van der Waals surface area contributed by atoms with E-state index in [4.69, 9.17) is 5.73 Å². The van der Waals surface area contributed by atoms with Crippen molar-refractivity contribution < 1.29 is 0 Å². The predicted molar refractivity (Wildman–Crippen MR) is 75.5 cm³/mol. The summed E-state index contributed by atoms with van der Waals surface area (Å²) in [5, 5.41) is 0. The molecule has 1 saturated heterocycles. The van der Waals surface area contributed by atoms with Gasteiger partial charge in [-0.05, 0) is 49.3 Å². The molecule has 0 saturated carbocycles. The van der Waals surface area contributed by atoms with Crippen molar-refractivity contribution in [1.29, 1.82) is 0 Å². The molecular formula is C15H24N2. The van der Waals surface area contributed by atoms with Crippen molar-refractivity contribution in [3.63, 3.8) is 0 Å². The van der Waals surface area contributed by atoms with Gasteiger partial charge in [-0.15, -0.1) is 0 Å². The van der Waals surface area contributed by atoms with Crippen LogP contribution in [-0.4, -0.2) is 13.1 Å². The number of nitrogens with two attached hydrogens (primary N) is 1. The summed E-state index contributed by atoms with van der Waals surface area (Å²) in [6.07, 6.45) is 1.33. The highest BCUT2D eigenvalue weighted by Gasteiger charge is 2.23. The van der Waals surface area contributed by atoms with Gasteiger partial charge in [0.25, 0.3) is 0 Å². The predicted octanol–water partition coefficient (Wildman–Crippen LogP) is 3.37. The summed E-state index contributed by atoms with van der Waals surface area (Å²) >= 11 is 0. The maximum absolute atomic E-state index is 6.23. The lowest BCUT2D eigenvalue weighted by atomic mass is 9.91. The fraction of sp³-hybridized carbons (Fsp3) is 0.600. The third kappa shape index (κ3) is 2.56. The molecule has 0 bridgehead atoms. The number of anilines is 2. The molecule has 17 heavy (non-hydrogen) atoms. The zero-order valence-corrected chi connectivity index (χ0v) is 11.5. The van der Waals surface area contributed by atoms with Gasteiger partial charge < -0.3 is 10.6 Å². The molecular weight excluding hydrogens is 208 g/mol. The first-order valence-electron chi connectivity index (χ1n) is 6.59. The van der Waals surface area contributed by atoms with Crippen LogP contribution in [-0.2, 0) is 0 Å². The van der Waals surface area contributed by atoms with E-state index in [9.17, 15) is 0 Å². The first-order valence-corrected chi connectivity index (χ1v) is 6.59. The normalized spacial score (nSPS) is 25.1. The van der Waals surface area contributed by atoms with E-state index < -0.39 is 0 Å². The molecule has 0 aliphatic carbocycles. The van der Waals surface area contributed by atoms with Gasteiger partial charge in [0.1, 0.15) is 0 Å². The number of nitrogens with zero attached hydrogens (tertiary/aromatic N) is 1. The van der Waals surface area contributed by atoms with E-state index in [2.05, 4.69) is 44.7 Å². The molecule has 1 fully saturated rings. The van der Waals surface area contributed by atoms with E-state index in [1.807, 2.05) is 0 Å². The van der Waals surface area contributed by atoms with Crippen LogP contribution in [0.3, 0.4) is 0 Å². The van der Waals surface area contributed by atoms with Gasteiger partial charge in [0.05, 0.1) is 11.4 Å². The van der Waals surface area contributed by atoms with Crippen molar-refractivity contribution in [2.75, 3.05) is 23.7 Å². The Labute approximate surface area is 105 Å². The van der Waals surface area contributed by atoms with Gasteiger partial charge in [0.2, 0.25) is 0 Å². The molecule has 1 aliphatic heterocycles. The van der Waals surface area contributed by atoms with Crippen LogP contribution < -0.4 is 10.6 Å². The van der Waals surface area contributed by atoms with Crippen LogP contribution in [0, 0.1) is 25.7 Å². The molecule has 0 radical (unpaired) electrons. The van der Waals surface area contributed by atoms with E-state index in [1.54, 1.807) is 0 Å². The Bertz CT molecular complexity index is 402. The molecule has 0 spiro atoms. The largest absolute Gasteiger partial charge is 0.397 e. The Morgan fingerprint density at radius 3 is 2.29 bits per heavy atom. The summed E-state index contributed by atoms with van der Waals surface area (Å²) in [7, 11) is 0. The molecule has 2 rings (SSSR count). The van der Waals surface area contributed by atoms with Gasteiger partial charge in [-0.1, -0.05) is 19.9 Å². The second-order valence-electron chi connectivity index (χ2n) is 5.87. The lowest BCUT2D eigenvalue weighted by Gasteiger charge is -2.37. The van der Waals surface area contributed by atoms with E-state index in [0.717, 1.165) is 30.6 Å². The molecule has 1 heterocycles. The fourth-order valence-corrected chi connectivity index (χ4v) is 3.08. The third-order valence-electron chi connectivity index (χ3n) is 3.72. The molecule has 0 amide bonds. The monoisotopic (exact) mass is 232 g/mol. The zero-order chi connectivity index (χ0) is 12.6. The summed E-state index contributed by atoms with van der Waals surface area (Å²) in [6, 6.07) is 4.39. The highest BCUT2D eigenvalue weighted by atomic mass is 15.1. The maximum Gasteiger partial charge on any atom is 0.0605 e. The average Bonchev–Trinajstić information content (AvgIpc) is 2.22. The minimum absolute atomic E-state index is 0.763. The van der Waals surface area contributed by atoms with Gasteiger partial charge in [-0.2, -0.15) is 0 Å². The summed E-state index contributed by atoms with van der Waals surface area (Å²) in [4.78, 5) is 2.47. The number of nitrogen functional groups attached to an aromatic ring is 1. The van der Waals surface area contributed by atoms with Crippen LogP contribution in [0.15, 0.2) is 12.1 Å². The highest BCUT2D eigenvalue weighted by molar-refractivity contribution is 5.72. The molecule has 1 aromatic rings. The van der Waals surface area contributed by atoms with Crippen molar-refractivity contribution >= 4 is 11.4 Å². The minimum Gasteiger partial charge on any atom is -0.397 e. The van der Waals surface area contributed by atoms with Crippen molar-refractivity contribution in [3.05, 3.63) is 23.3 Å². The van der Waals surface area contributed by atoms with Gasteiger partial charge in [-0.25, -0.2) is 0 Å². The van der Waals surface area contributed by atoms with Gasteiger partial charge in [0.15, 0.2) is 0 Å². The van der Waals surface area contributed by atoms with Crippen LogP contribution in [0.5, 0.6) is 0 Å². The molecule has 0 unspecified atom stereocenters. The number of rotatable bonds is 1. The van der Waals surface area contributed by atoms with Crippen LogP contribution >= 0.6 is 0 Å². The standard InChI is InChI=1S/C15H24N2/c1-10-6-13(4)15(16)14(7-10)17-8-11(2)5-12(3)9-17/h6-7,11-12H,5,8-9,16H2,1-4H3/t11-,12-/m1/s1. The molecule has 1 aliphatic rings. The number of benzene rings is 1. The minimum atomic E-state index is 0.763. The van der Waals surface area contributed by atoms with Crippen LogP contribution in [0.1, 0.15) is 31.4 Å². The van der Waals surface area contributed by atoms with Crippen LogP contribution in [0.2, 0.25) is 0 Å².